The summed E-state index contributed by atoms with van der Waals surface area (Å²) in [6, 6.07) is 3.53. The second-order valence-corrected chi connectivity index (χ2v) is 12.6. The van der Waals surface area contributed by atoms with Crippen LogP contribution in [0, 0.1) is 0 Å². The maximum absolute atomic E-state index is 2.99. The van der Waals surface area contributed by atoms with E-state index in [0.717, 1.165) is 24.2 Å². The molecule has 0 bridgehead atoms. The third-order valence-corrected chi connectivity index (χ3v) is 13.0. The molecular formula is C16H36N2Si2. The van der Waals surface area contributed by atoms with Gasteiger partial charge in [-0.3, -0.25) is 0 Å². The van der Waals surface area contributed by atoms with Crippen LogP contribution in [0.25, 0.3) is 0 Å². The molecule has 2 rings (SSSR count). The summed E-state index contributed by atoms with van der Waals surface area (Å²) in [5.74, 6) is 0. The zero-order valence-corrected chi connectivity index (χ0v) is 17.1. The van der Waals surface area contributed by atoms with Gasteiger partial charge in [-0.15, -0.1) is 0 Å². The Hall–Kier alpha value is 0.354. The van der Waals surface area contributed by atoms with Crippen LogP contribution in [-0.2, 0) is 0 Å². The van der Waals surface area contributed by atoms with E-state index < -0.39 is 0 Å². The van der Waals surface area contributed by atoms with Crippen molar-refractivity contribution in [3.05, 3.63) is 0 Å². The van der Waals surface area contributed by atoms with E-state index in [-0.39, 0.29) is 18.4 Å². The lowest BCUT2D eigenvalue weighted by molar-refractivity contribution is 0.273. The van der Waals surface area contributed by atoms with Gasteiger partial charge in [-0.25, -0.2) is 0 Å². The molecule has 2 aliphatic rings. The SMILES string of the molecule is CC(C)N([SiH2][SiH2]N(C(C)C)C1CCCC1)C1CCCC1. The highest BCUT2D eigenvalue weighted by Gasteiger charge is 2.28. The average molecular weight is 313 g/mol. The minimum absolute atomic E-state index is 0.0227. The van der Waals surface area contributed by atoms with Gasteiger partial charge >= 0.3 is 0 Å². The third-order valence-electron chi connectivity index (χ3n) is 5.53. The summed E-state index contributed by atoms with van der Waals surface area (Å²) in [4.78, 5) is 0. The van der Waals surface area contributed by atoms with E-state index in [1.807, 2.05) is 0 Å². The molecule has 0 aliphatic heterocycles. The van der Waals surface area contributed by atoms with Crippen LogP contribution in [0.1, 0.15) is 79.1 Å². The van der Waals surface area contributed by atoms with Crippen molar-refractivity contribution in [2.45, 2.75) is 103 Å². The zero-order valence-electron chi connectivity index (χ0n) is 14.3. The van der Waals surface area contributed by atoms with Crippen LogP contribution >= 0.6 is 0 Å². The molecule has 0 saturated heterocycles. The van der Waals surface area contributed by atoms with Gasteiger partial charge in [0.25, 0.3) is 0 Å². The van der Waals surface area contributed by atoms with Crippen molar-refractivity contribution in [1.82, 2.24) is 9.13 Å². The van der Waals surface area contributed by atoms with E-state index >= 15 is 0 Å². The molecule has 0 aromatic rings. The highest BCUT2D eigenvalue weighted by atomic mass is 29.2. The first-order chi connectivity index (χ1) is 9.59. The predicted octanol–water partition coefficient (Wildman–Crippen LogP) is 2.38. The molecule has 0 amide bonds. The summed E-state index contributed by atoms with van der Waals surface area (Å²) in [7, 11) is 0.0453. The third kappa shape index (κ3) is 4.42. The second-order valence-electron chi connectivity index (χ2n) is 7.54. The Morgan fingerprint density at radius 2 is 0.950 bits per heavy atom. The van der Waals surface area contributed by atoms with Gasteiger partial charge in [-0.1, -0.05) is 53.4 Å². The average Bonchev–Trinajstić information content (AvgIpc) is 3.06. The van der Waals surface area contributed by atoms with Crippen LogP contribution in [0.3, 0.4) is 0 Å². The summed E-state index contributed by atoms with van der Waals surface area (Å²) in [6.45, 7) is 9.76. The summed E-state index contributed by atoms with van der Waals surface area (Å²) in [6.07, 6.45) is 11.9. The summed E-state index contributed by atoms with van der Waals surface area (Å²) < 4.78 is 5.98. The number of hydrogen-bond acceptors (Lipinski definition) is 2. The lowest BCUT2D eigenvalue weighted by atomic mass is 10.2. The first kappa shape index (κ1) is 16.7. The fraction of sp³-hybridized carbons (Fsp3) is 1.00. The molecule has 0 aromatic heterocycles. The van der Waals surface area contributed by atoms with Crippen LogP contribution in [-0.4, -0.2) is 51.7 Å². The summed E-state index contributed by atoms with van der Waals surface area (Å²) >= 11 is 0. The van der Waals surface area contributed by atoms with E-state index in [2.05, 4.69) is 36.8 Å². The van der Waals surface area contributed by atoms with Gasteiger partial charge in [0.1, 0.15) is 0 Å². The molecular weight excluding hydrogens is 276 g/mol. The molecule has 0 atom stereocenters. The Kier molecular flexibility index (Phi) is 6.78. The number of rotatable bonds is 7. The zero-order chi connectivity index (χ0) is 14.5. The molecule has 2 fully saturated rings. The summed E-state index contributed by atoms with van der Waals surface area (Å²) in [5.41, 5.74) is 0. The van der Waals surface area contributed by atoms with Gasteiger partial charge in [-0.2, -0.15) is 0 Å². The molecule has 0 N–H and O–H groups in total. The predicted molar refractivity (Wildman–Crippen MR) is 95.6 cm³/mol. The first-order valence-corrected chi connectivity index (χ1v) is 14.4. The fourth-order valence-electron chi connectivity index (χ4n) is 4.43. The second kappa shape index (κ2) is 8.11. The molecule has 2 aliphatic carbocycles. The standard InChI is InChI=1S/C16H36N2Si2/c1-13(2)17(15-9-5-6-10-15)19-20-18(14(3)4)16-11-7-8-12-16/h13-16H,5-12,19-20H2,1-4H3. The molecule has 0 heterocycles. The van der Waals surface area contributed by atoms with Crippen molar-refractivity contribution in [3.63, 3.8) is 0 Å². The Balaban J connectivity index is 1.88. The van der Waals surface area contributed by atoms with Crippen molar-refractivity contribution < 1.29 is 0 Å². The molecule has 118 valence electrons. The van der Waals surface area contributed by atoms with Gasteiger partial charge in [0.05, 0.1) is 18.4 Å². The maximum Gasteiger partial charge on any atom is 0.0975 e. The Labute approximate surface area is 131 Å². The van der Waals surface area contributed by atoms with Gasteiger partial charge in [0.2, 0.25) is 0 Å². The molecule has 20 heavy (non-hydrogen) atoms. The van der Waals surface area contributed by atoms with Gasteiger partial charge in [0, 0.05) is 12.1 Å². The molecule has 0 spiro atoms. The smallest absolute Gasteiger partial charge is 0.0975 e. The van der Waals surface area contributed by atoms with E-state index in [1.54, 1.807) is 0 Å². The van der Waals surface area contributed by atoms with Crippen molar-refractivity contribution in [1.29, 1.82) is 0 Å². The van der Waals surface area contributed by atoms with E-state index in [0.29, 0.717) is 0 Å². The molecule has 4 heteroatoms. The highest BCUT2D eigenvalue weighted by Crippen LogP contribution is 2.26. The monoisotopic (exact) mass is 312 g/mol. The fourth-order valence-corrected chi connectivity index (χ4v) is 14.1. The van der Waals surface area contributed by atoms with Gasteiger partial charge in [0.15, 0.2) is 0 Å². The number of hydrogen-bond donors (Lipinski definition) is 0. The van der Waals surface area contributed by atoms with E-state index in [4.69, 9.17) is 0 Å². The lowest BCUT2D eigenvalue weighted by Crippen LogP contribution is -2.52. The largest absolute Gasteiger partial charge is 0.326 e. The van der Waals surface area contributed by atoms with E-state index in [1.165, 1.54) is 51.4 Å². The Morgan fingerprint density at radius 1 is 0.650 bits per heavy atom. The van der Waals surface area contributed by atoms with Crippen molar-refractivity contribution in [2.24, 2.45) is 0 Å². The van der Waals surface area contributed by atoms with Crippen LogP contribution < -0.4 is 0 Å². The first-order valence-electron chi connectivity index (χ1n) is 9.11. The van der Waals surface area contributed by atoms with Gasteiger partial charge in [-0.05, 0) is 37.8 Å². The van der Waals surface area contributed by atoms with E-state index in [9.17, 15) is 0 Å². The summed E-state index contributed by atoms with van der Waals surface area (Å²) in [5, 5.41) is 0. The topological polar surface area (TPSA) is 6.48 Å². The van der Waals surface area contributed by atoms with Crippen LogP contribution in [0.15, 0.2) is 0 Å². The Bertz CT molecular complexity index is 244. The molecule has 0 radical (unpaired) electrons. The minimum atomic E-state index is 0.0227. The molecule has 0 unspecified atom stereocenters. The van der Waals surface area contributed by atoms with Crippen LogP contribution in [0.2, 0.25) is 0 Å². The minimum Gasteiger partial charge on any atom is -0.326 e. The van der Waals surface area contributed by atoms with Crippen LogP contribution in [0.5, 0.6) is 0 Å². The van der Waals surface area contributed by atoms with Gasteiger partial charge < -0.3 is 9.13 Å². The van der Waals surface area contributed by atoms with Crippen molar-refractivity contribution in [3.8, 4) is 0 Å². The number of nitrogens with zero attached hydrogens (tertiary/aromatic N) is 2. The highest BCUT2D eigenvalue weighted by molar-refractivity contribution is 6.97. The quantitative estimate of drug-likeness (QED) is 0.666. The van der Waals surface area contributed by atoms with Crippen LogP contribution in [0.4, 0.5) is 0 Å². The molecule has 2 nitrogen and oxygen atoms in total. The van der Waals surface area contributed by atoms with Crippen molar-refractivity contribution >= 4 is 18.4 Å². The normalized spacial score (nSPS) is 23.4. The van der Waals surface area contributed by atoms with Crippen molar-refractivity contribution in [2.75, 3.05) is 0 Å². The maximum atomic E-state index is 2.99. The lowest BCUT2D eigenvalue weighted by Gasteiger charge is -2.38. The molecule has 2 saturated carbocycles. The Morgan fingerprint density at radius 3 is 1.20 bits per heavy atom. The molecule has 0 aromatic carbocycles.